The maximum Gasteiger partial charge on any atom is 0.237 e. The summed E-state index contributed by atoms with van der Waals surface area (Å²) < 4.78 is 0. The van der Waals surface area contributed by atoms with Crippen molar-refractivity contribution in [1.29, 1.82) is 0 Å². The Balaban J connectivity index is 2.12. The van der Waals surface area contributed by atoms with Gasteiger partial charge >= 0.3 is 0 Å². The Hall–Kier alpha value is -1.14. The van der Waals surface area contributed by atoms with Crippen molar-refractivity contribution in [2.24, 2.45) is 11.5 Å². The van der Waals surface area contributed by atoms with E-state index in [1.807, 2.05) is 20.8 Å². The average Bonchev–Trinajstić information content (AvgIpc) is 2.36. The van der Waals surface area contributed by atoms with Gasteiger partial charge < -0.3 is 11.5 Å². The van der Waals surface area contributed by atoms with E-state index in [1.165, 1.54) is 0 Å². The first-order valence-corrected chi connectivity index (χ1v) is 7.77. The number of carbonyl (C=O) groups excluding carboxylic acids is 1. The molecule has 1 aliphatic rings. The number of aromatic nitrogens is 2. The molecule has 0 saturated heterocycles. The highest BCUT2D eigenvalue weighted by molar-refractivity contribution is 7.99. The van der Waals surface area contributed by atoms with E-state index in [2.05, 4.69) is 9.97 Å². The molecule has 1 aromatic heterocycles. The molecular weight excluding hydrogens is 272 g/mol. The number of thioether (sulfide) groups is 1. The van der Waals surface area contributed by atoms with Gasteiger partial charge in [0, 0.05) is 16.6 Å². The largest absolute Gasteiger partial charge is 0.368 e. The molecule has 0 aromatic carbocycles. The van der Waals surface area contributed by atoms with Crippen LogP contribution in [0.2, 0.25) is 0 Å². The van der Waals surface area contributed by atoms with Gasteiger partial charge in [0.15, 0.2) is 5.16 Å². The van der Waals surface area contributed by atoms with Crippen molar-refractivity contribution < 1.29 is 4.79 Å². The number of carbonyl (C=O) groups is 1. The van der Waals surface area contributed by atoms with Crippen LogP contribution in [0.3, 0.4) is 0 Å². The van der Waals surface area contributed by atoms with Gasteiger partial charge in [-0.25, -0.2) is 9.97 Å². The molecule has 1 heterocycles. The highest BCUT2D eigenvalue weighted by Crippen LogP contribution is 2.36. The van der Waals surface area contributed by atoms with E-state index in [0.29, 0.717) is 12.8 Å². The monoisotopic (exact) mass is 294 g/mol. The van der Waals surface area contributed by atoms with Crippen molar-refractivity contribution >= 4 is 17.7 Å². The highest BCUT2D eigenvalue weighted by Gasteiger charge is 2.38. The molecule has 2 rings (SSSR count). The molecule has 20 heavy (non-hydrogen) atoms. The zero-order chi connectivity index (χ0) is 14.9. The zero-order valence-corrected chi connectivity index (χ0v) is 13.1. The Bertz CT molecular complexity index is 511. The van der Waals surface area contributed by atoms with E-state index >= 15 is 0 Å². The molecule has 1 fully saturated rings. The molecular formula is C14H22N4OS. The molecule has 1 aromatic rings. The van der Waals surface area contributed by atoms with Crippen molar-refractivity contribution in [3.63, 3.8) is 0 Å². The molecule has 0 radical (unpaired) electrons. The molecule has 2 atom stereocenters. The van der Waals surface area contributed by atoms with E-state index in [9.17, 15) is 4.79 Å². The highest BCUT2D eigenvalue weighted by atomic mass is 32.2. The molecule has 2 unspecified atom stereocenters. The molecule has 0 spiro atoms. The lowest BCUT2D eigenvalue weighted by atomic mass is 9.82. The second-order valence-electron chi connectivity index (χ2n) is 5.66. The molecule has 6 heteroatoms. The van der Waals surface area contributed by atoms with Crippen molar-refractivity contribution in [2.45, 2.75) is 62.4 Å². The van der Waals surface area contributed by atoms with Gasteiger partial charge in [-0.1, -0.05) is 11.8 Å². The SMILES string of the molecule is Cc1nc(SC2CCCC(N)(C(N)=O)C2)nc(C)c1C. The average molecular weight is 294 g/mol. The molecule has 1 amide bonds. The predicted molar refractivity (Wildman–Crippen MR) is 80.5 cm³/mol. The Morgan fingerprint density at radius 3 is 2.45 bits per heavy atom. The van der Waals surface area contributed by atoms with E-state index in [1.54, 1.807) is 11.8 Å². The Morgan fingerprint density at radius 1 is 1.30 bits per heavy atom. The number of rotatable bonds is 3. The van der Waals surface area contributed by atoms with Crippen LogP contribution in [0.25, 0.3) is 0 Å². The van der Waals surface area contributed by atoms with Crippen LogP contribution in [0.4, 0.5) is 0 Å². The quantitative estimate of drug-likeness (QED) is 0.826. The molecule has 4 N–H and O–H groups in total. The number of hydrogen-bond acceptors (Lipinski definition) is 5. The maximum absolute atomic E-state index is 11.5. The fraction of sp³-hybridized carbons (Fsp3) is 0.643. The molecule has 1 saturated carbocycles. The van der Waals surface area contributed by atoms with Gasteiger partial charge in [-0.2, -0.15) is 0 Å². The first kappa shape index (κ1) is 15.3. The lowest BCUT2D eigenvalue weighted by Gasteiger charge is -2.34. The summed E-state index contributed by atoms with van der Waals surface area (Å²) in [5.41, 5.74) is 13.8. The molecule has 1 aliphatic carbocycles. The predicted octanol–water partition coefficient (Wildman–Crippen LogP) is 1.62. The zero-order valence-electron chi connectivity index (χ0n) is 12.3. The fourth-order valence-corrected chi connectivity index (χ4v) is 3.87. The van der Waals surface area contributed by atoms with Crippen LogP contribution >= 0.6 is 11.8 Å². The van der Waals surface area contributed by atoms with E-state index in [4.69, 9.17) is 11.5 Å². The van der Waals surface area contributed by atoms with Crippen LogP contribution in [-0.2, 0) is 4.79 Å². The van der Waals surface area contributed by atoms with Crippen molar-refractivity contribution in [1.82, 2.24) is 9.97 Å². The van der Waals surface area contributed by atoms with Gasteiger partial charge in [0.05, 0.1) is 5.54 Å². The van der Waals surface area contributed by atoms with Crippen LogP contribution < -0.4 is 11.5 Å². The van der Waals surface area contributed by atoms with Crippen LogP contribution in [-0.4, -0.2) is 26.7 Å². The molecule has 5 nitrogen and oxygen atoms in total. The second kappa shape index (κ2) is 5.69. The summed E-state index contributed by atoms with van der Waals surface area (Å²) in [6.07, 6.45) is 3.21. The first-order valence-electron chi connectivity index (χ1n) is 6.89. The normalized spacial score (nSPS) is 26.5. The topological polar surface area (TPSA) is 94.9 Å². The van der Waals surface area contributed by atoms with Crippen molar-refractivity contribution in [3.8, 4) is 0 Å². The van der Waals surface area contributed by atoms with E-state index in [0.717, 1.165) is 34.9 Å². The minimum absolute atomic E-state index is 0.253. The molecule has 110 valence electrons. The van der Waals surface area contributed by atoms with Crippen LogP contribution in [0.1, 0.15) is 42.6 Å². The standard InChI is InChI=1S/C14H22N4OS/c1-8-9(2)17-13(18-10(8)3)20-11-5-4-6-14(16,7-11)12(15)19/h11H,4-7,16H2,1-3H3,(H2,15,19). The van der Waals surface area contributed by atoms with Gasteiger partial charge in [-0.3, -0.25) is 4.79 Å². The summed E-state index contributed by atoms with van der Waals surface area (Å²) in [6, 6.07) is 0. The third kappa shape index (κ3) is 3.12. The second-order valence-corrected chi connectivity index (χ2v) is 6.93. The number of aryl methyl sites for hydroxylation is 2. The fourth-order valence-electron chi connectivity index (χ4n) is 2.52. The van der Waals surface area contributed by atoms with E-state index < -0.39 is 11.4 Å². The van der Waals surface area contributed by atoms with Gasteiger partial charge in [0.2, 0.25) is 5.91 Å². The van der Waals surface area contributed by atoms with Gasteiger partial charge in [-0.15, -0.1) is 0 Å². The van der Waals surface area contributed by atoms with Crippen LogP contribution in [0.15, 0.2) is 5.16 Å². The van der Waals surface area contributed by atoms with Gasteiger partial charge in [0.1, 0.15) is 0 Å². The Kier molecular flexibility index (Phi) is 4.34. The summed E-state index contributed by atoms with van der Waals surface area (Å²) in [5, 5.41) is 1.02. The summed E-state index contributed by atoms with van der Waals surface area (Å²) >= 11 is 1.61. The maximum atomic E-state index is 11.5. The smallest absolute Gasteiger partial charge is 0.237 e. The minimum atomic E-state index is -0.870. The first-order chi connectivity index (χ1) is 9.32. The lowest BCUT2D eigenvalue weighted by Crippen LogP contribution is -2.55. The minimum Gasteiger partial charge on any atom is -0.368 e. The summed E-state index contributed by atoms with van der Waals surface area (Å²) in [7, 11) is 0. The Morgan fingerprint density at radius 2 is 1.90 bits per heavy atom. The van der Waals surface area contributed by atoms with Gasteiger partial charge in [0.25, 0.3) is 0 Å². The molecule has 0 aliphatic heterocycles. The van der Waals surface area contributed by atoms with Gasteiger partial charge in [-0.05, 0) is 52.0 Å². The van der Waals surface area contributed by atoms with E-state index in [-0.39, 0.29) is 5.25 Å². The van der Waals surface area contributed by atoms with Crippen molar-refractivity contribution in [3.05, 3.63) is 17.0 Å². The number of nitrogens with two attached hydrogens (primary N) is 2. The summed E-state index contributed by atoms with van der Waals surface area (Å²) in [6.45, 7) is 6.01. The van der Waals surface area contributed by atoms with Crippen molar-refractivity contribution in [2.75, 3.05) is 0 Å². The molecule has 0 bridgehead atoms. The summed E-state index contributed by atoms with van der Waals surface area (Å²) in [4.78, 5) is 20.5. The van der Waals surface area contributed by atoms with Crippen LogP contribution in [0.5, 0.6) is 0 Å². The lowest BCUT2D eigenvalue weighted by molar-refractivity contribution is -0.124. The number of amides is 1. The number of hydrogen-bond donors (Lipinski definition) is 2. The van der Waals surface area contributed by atoms with Crippen LogP contribution in [0, 0.1) is 20.8 Å². The number of primary amides is 1. The summed E-state index contributed by atoms with van der Waals surface area (Å²) in [5.74, 6) is -0.403. The third-order valence-electron chi connectivity index (χ3n) is 4.12. The Labute approximate surface area is 123 Å². The third-order valence-corrected chi connectivity index (χ3v) is 5.24. The number of nitrogens with zero attached hydrogens (tertiary/aromatic N) is 2.